The zero-order chi connectivity index (χ0) is 7.98. The Morgan fingerprint density at radius 1 is 1.70 bits per heavy atom. The SMILES string of the molecule is CCC(C)C#CCC(=O)O. The fraction of sp³-hybridized carbons (Fsp3) is 0.625. The number of hydrogen-bond acceptors (Lipinski definition) is 1. The first-order valence-corrected chi connectivity index (χ1v) is 3.37. The molecule has 0 aliphatic heterocycles. The third-order valence-electron chi connectivity index (χ3n) is 1.20. The van der Waals surface area contributed by atoms with E-state index >= 15 is 0 Å². The van der Waals surface area contributed by atoms with Crippen LogP contribution in [0.25, 0.3) is 0 Å². The molecular formula is C8H12O2. The largest absolute Gasteiger partial charge is 0.481 e. The Morgan fingerprint density at radius 2 is 2.30 bits per heavy atom. The quantitative estimate of drug-likeness (QED) is 0.590. The van der Waals surface area contributed by atoms with Crippen LogP contribution in [0.5, 0.6) is 0 Å². The van der Waals surface area contributed by atoms with Crippen LogP contribution in [0.4, 0.5) is 0 Å². The molecule has 0 saturated carbocycles. The maximum absolute atomic E-state index is 9.97. The van der Waals surface area contributed by atoms with Crippen LogP contribution in [-0.2, 0) is 4.79 Å². The van der Waals surface area contributed by atoms with E-state index in [1.807, 2.05) is 13.8 Å². The van der Waals surface area contributed by atoms with Gasteiger partial charge in [-0.2, -0.15) is 0 Å². The van der Waals surface area contributed by atoms with Gasteiger partial charge in [-0.15, -0.1) is 0 Å². The average molecular weight is 140 g/mol. The topological polar surface area (TPSA) is 37.3 Å². The molecule has 0 bridgehead atoms. The van der Waals surface area contributed by atoms with Crippen LogP contribution in [-0.4, -0.2) is 11.1 Å². The maximum Gasteiger partial charge on any atom is 0.315 e. The van der Waals surface area contributed by atoms with Crippen LogP contribution in [0.2, 0.25) is 0 Å². The fourth-order valence-electron chi connectivity index (χ4n) is 0.403. The van der Waals surface area contributed by atoms with E-state index in [4.69, 9.17) is 5.11 Å². The van der Waals surface area contributed by atoms with Crippen LogP contribution in [0, 0.1) is 17.8 Å². The molecule has 0 spiro atoms. The lowest BCUT2D eigenvalue weighted by molar-refractivity contribution is -0.135. The third-order valence-corrected chi connectivity index (χ3v) is 1.20. The molecule has 2 heteroatoms. The fourth-order valence-corrected chi connectivity index (χ4v) is 0.403. The molecule has 1 atom stereocenters. The molecule has 0 radical (unpaired) electrons. The Balaban J connectivity index is 3.58. The highest BCUT2D eigenvalue weighted by Crippen LogP contribution is 1.96. The Hall–Kier alpha value is -0.970. The number of aliphatic carboxylic acids is 1. The molecular weight excluding hydrogens is 128 g/mol. The van der Waals surface area contributed by atoms with Crippen molar-refractivity contribution in [3.8, 4) is 11.8 Å². The summed E-state index contributed by atoms with van der Waals surface area (Å²) in [6, 6.07) is 0. The molecule has 0 saturated heterocycles. The van der Waals surface area contributed by atoms with Gasteiger partial charge in [0.25, 0.3) is 0 Å². The highest BCUT2D eigenvalue weighted by atomic mass is 16.4. The lowest BCUT2D eigenvalue weighted by Gasteiger charge is -1.92. The molecule has 1 N–H and O–H groups in total. The predicted octanol–water partition coefficient (Wildman–Crippen LogP) is 1.51. The van der Waals surface area contributed by atoms with Gasteiger partial charge < -0.3 is 5.11 Å². The number of carboxylic acid groups (broad SMARTS) is 1. The van der Waals surface area contributed by atoms with E-state index in [0.717, 1.165) is 6.42 Å². The van der Waals surface area contributed by atoms with Gasteiger partial charge in [0.05, 0.1) is 0 Å². The van der Waals surface area contributed by atoms with E-state index in [9.17, 15) is 4.79 Å². The minimum Gasteiger partial charge on any atom is -0.481 e. The summed E-state index contributed by atoms with van der Waals surface area (Å²) in [6.45, 7) is 4.01. The number of carboxylic acids is 1. The minimum atomic E-state index is -0.851. The Kier molecular flexibility index (Phi) is 4.39. The maximum atomic E-state index is 9.97. The summed E-state index contributed by atoms with van der Waals surface area (Å²) < 4.78 is 0. The van der Waals surface area contributed by atoms with Crippen molar-refractivity contribution in [1.82, 2.24) is 0 Å². The summed E-state index contributed by atoms with van der Waals surface area (Å²) in [5, 5.41) is 8.20. The Morgan fingerprint density at radius 3 is 2.70 bits per heavy atom. The van der Waals surface area contributed by atoms with Crippen molar-refractivity contribution in [2.75, 3.05) is 0 Å². The van der Waals surface area contributed by atoms with Crippen molar-refractivity contribution >= 4 is 5.97 Å². The van der Waals surface area contributed by atoms with Gasteiger partial charge in [0.15, 0.2) is 0 Å². The molecule has 0 aliphatic carbocycles. The second kappa shape index (κ2) is 4.87. The first-order chi connectivity index (χ1) is 4.66. The van der Waals surface area contributed by atoms with Gasteiger partial charge in [-0.05, 0) is 6.42 Å². The highest BCUT2D eigenvalue weighted by Gasteiger charge is 1.91. The zero-order valence-corrected chi connectivity index (χ0v) is 6.35. The van der Waals surface area contributed by atoms with Gasteiger partial charge in [0, 0.05) is 5.92 Å². The van der Waals surface area contributed by atoms with Crippen LogP contribution >= 0.6 is 0 Å². The summed E-state index contributed by atoms with van der Waals surface area (Å²) in [5.74, 6) is 4.89. The van der Waals surface area contributed by atoms with Crippen LogP contribution in [0.1, 0.15) is 26.7 Å². The summed E-state index contributed by atoms with van der Waals surface area (Å²) >= 11 is 0. The smallest absolute Gasteiger partial charge is 0.315 e. The van der Waals surface area contributed by atoms with E-state index in [-0.39, 0.29) is 6.42 Å². The molecule has 0 aromatic heterocycles. The lowest BCUT2D eigenvalue weighted by atomic mass is 10.1. The molecule has 0 rings (SSSR count). The van der Waals surface area contributed by atoms with Crippen LogP contribution < -0.4 is 0 Å². The van der Waals surface area contributed by atoms with Crippen molar-refractivity contribution in [3.63, 3.8) is 0 Å². The summed E-state index contributed by atoms with van der Waals surface area (Å²) in [6.07, 6.45) is 0.941. The molecule has 0 aliphatic rings. The van der Waals surface area contributed by atoms with Crippen molar-refractivity contribution in [2.45, 2.75) is 26.7 Å². The second-order valence-electron chi connectivity index (χ2n) is 2.20. The number of rotatable bonds is 2. The van der Waals surface area contributed by atoms with Gasteiger partial charge in [-0.25, -0.2) is 0 Å². The molecule has 2 nitrogen and oxygen atoms in total. The second-order valence-corrected chi connectivity index (χ2v) is 2.20. The Labute approximate surface area is 61.2 Å². The molecule has 0 heterocycles. The van der Waals surface area contributed by atoms with Crippen LogP contribution in [0.3, 0.4) is 0 Å². The number of carbonyl (C=O) groups is 1. The van der Waals surface area contributed by atoms with Gasteiger partial charge in [-0.3, -0.25) is 4.79 Å². The molecule has 0 aromatic carbocycles. The highest BCUT2D eigenvalue weighted by molar-refractivity contribution is 5.69. The third kappa shape index (κ3) is 5.17. The van der Waals surface area contributed by atoms with E-state index in [0.29, 0.717) is 5.92 Å². The molecule has 56 valence electrons. The van der Waals surface area contributed by atoms with Crippen molar-refractivity contribution in [3.05, 3.63) is 0 Å². The summed E-state index contributed by atoms with van der Waals surface area (Å²) in [5.41, 5.74) is 0. The van der Waals surface area contributed by atoms with Crippen molar-refractivity contribution in [1.29, 1.82) is 0 Å². The lowest BCUT2D eigenvalue weighted by Crippen LogP contribution is -1.91. The van der Waals surface area contributed by atoms with E-state index in [1.54, 1.807) is 0 Å². The predicted molar refractivity (Wildman–Crippen MR) is 39.5 cm³/mol. The summed E-state index contributed by atoms with van der Waals surface area (Å²) in [4.78, 5) is 9.97. The molecule has 0 amide bonds. The van der Waals surface area contributed by atoms with Crippen LogP contribution in [0.15, 0.2) is 0 Å². The first-order valence-electron chi connectivity index (χ1n) is 3.37. The van der Waals surface area contributed by atoms with Gasteiger partial charge in [-0.1, -0.05) is 25.7 Å². The molecule has 1 unspecified atom stereocenters. The van der Waals surface area contributed by atoms with Gasteiger partial charge in [0.1, 0.15) is 6.42 Å². The summed E-state index contributed by atoms with van der Waals surface area (Å²) in [7, 11) is 0. The minimum absolute atomic E-state index is 0.0374. The van der Waals surface area contributed by atoms with Gasteiger partial charge in [0.2, 0.25) is 0 Å². The molecule has 0 aromatic rings. The normalized spacial score (nSPS) is 11.4. The number of hydrogen-bond donors (Lipinski definition) is 1. The van der Waals surface area contributed by atoms with E-state index in [1.165, 1.54) is 0 Å². The molecule has 10 heavy (non-hydrogen) atoms. The monoisotopic (exact) mass is 140 g/mol. The Bertz CT molecular complexity index is 162. The van der Waals surface area contributed by atoms with E-state index < -0.39 is 5.97 Å². The van der Waals surface area contributed by atoms with Gasteiger partial charge >= 0.3 is 5.97 Å². The standard InChI is InChI=1S/C8H12O2/c1-3-7(2)5-4-6-8(9)10/h7H,3,6H2,1-2H3,(H,9,10). The zero-order valence-electron chi connectivity index (χ0n) is 6.35. The van der Waals surface area contributed by atoms with E-state index in [2.05, 4.69) is 11.8 Å². The average Bonchev–Trinajstić information content (AvgIpc) is 1.87. The first kappa shape index (κ1) is 9.03. The molecule has 0 fully saturated rings. The van der Waals surface area contributed by atoms with Crippen molar-refractivity contribution < 1.29 is 9.90 Å². The van der Waals surface area contributed by atoms with Crippen molar-refractivity contribution in [2.24, 2.45) is 5.92 Å².